The lowest BCUT2D eigenvalue weighted by atomic mass is 10.1. The number of nitrogens with one attached hydrogen (secondary N) is 2. The van der Waals surface area contributed by atoms with Crippen molar-refractivity contribution in [2.45, 2.75) is 19.6 Å². The molecule has 168 valence electrons. The van der Waals surface area contributed by atoms with Crippen LogP contribution in [0.1, 0.15) is 22.8 Å². The number of aliphatic hydroxyl groups is 1. The van der Waals surface area contributed by atoms with Crippen LogP contribution in [0.2, 0.25) is 0 Å². The molecule has 1 amide bonds. The first-order chi connectivity index (χ1) is 15.5. The van der Waals surface area contributed by atoms with Crippen molar-refractivity contribution in [3.05, 3.63) is 87.9 Å². The minimum absolute atomic E-state index is 0.141. The van der Waals surface area contributed by atoms with E-state index < -0.39 is 6.10 Å². The zero-order valence-corrected chi connectivity index (χ0v) is 19.7. The molecule has 3 aromatic carbocycles. The fourth-order valence-electron chi connectivity index (χ4n) is 3.10. The average Bonchev–Trinajstić information content (AvgIpc) is 2.80. The van der Waals surface area contributed by atoms with Crippen molar-refractivity contribution in [1.29, 1.82) is 0 Å². The van der Waals surface area contributed by atoms with Crippen molar-refractivity contribution in [1.82, 2.24) is 5.32 Å². The van der Waals surface area contributed by atoms with Gasteiger partial charge in [-0.15, -0.1) is 0 Å². The summed E-state index contributed by atoms with van der Waals surface area (Å²) in [6, 6.07) is 20.7. The third-order valence-electron chi connectivity index (χ3n) is 4.86. The molecule has 3 N–H and O–H groups in total. The smallest absolute Gasteiger partial charge is 0.262 e. The number of aryl methyl sites for hydroxylation is 1. The molecule has 0 heterocycles. The molecule has 7 heteroatoms. The number of hydrogen-bond donors (Lipinski definition) is 3. The van der Waals surface area contributed by atoms with E-state index in [1.165, 1.54) is 0 Å². The molecule has 0 spiro atoms. The number of hydrogen-bond acceptors (Lipinski definition) is 5. The van der Waals surface area contributed by atoms with E-state index in [0.29, 0.717) is 24.6 Å². The van der Waals surface area contributed by atoms with Gasteiger partial charge < -0.3 is 25.2 Å². The number of carbonyl (C=O) groups excluding carboxylic acids is 1. The van der Waals surface area contributed by atoms with Gasteiger partial charge in [-0.2, -0.15) is 0 Å². The largest absolute Gasteiger partial charge is 0.493 e. The van der Waals surface area contributed by atoms with E-state index in [1.807, 2.05) is 67.6 Å². The number of methoxy groups -OCH3 is 1. The normalized spacial score (nSPS) is 11.6. The zero-order valence-electron chi connectivity index (χ0n) is 18.1. The molecule has 0 aliphatic carbocycles. The molecule has 1 atom stereocenters. The molecular formula is C25H27BrN2O4. The molecule has 0 bridgehead atoms. The first-order valence-electron chi connectivity index (χ1n) is 10.3. The Kier molecular flexibility index (Phi) is 8.67. The molecule has 0 fully saturated rings. The van der Waals surface area contributed by atoms with Crippen LogP contribution in [0.15, 0.2) is 71.2 Å². The third kappa shape index (κ3) is 6.82. The fraction of sp³-hybridized carbons (Fsp3) is 0.240. The Bertz CT molecular complexity index is 1030. The average molecular weight is 499 g/mol. The van der Waals surface area contributed by atoms with Crippen LogP contribution in [0.25, 0.3) is 0 Å². The summed E-state index contributed by atoms with van der Waals surface area (Å²) >= 11 is 3.55. The van der Waals surface area contributed by atoms with Gasteiger partial charge in [0.1, 0.15) is 0 Å². The van der Waals surface area contributed by atoms with E-state index >= 15 is 0 Å². The molecule has 0 aliphatic rings. The summed E-state index contributed by atoms with van der Waals surface area (Å²) in [5.41, 5.74) is 3.65. The van der Waals surface area contributed by atoms with E-state index in [4.69, 9.17) is 9.47 Å². The van der Waals surface area contributed by atoms with Gasteiger partial charge in [0.05, 0.1) is 13.2 Å². The van der Waals surface area contributed by atoms with Crippen LogP contribution in [0, 0.1) is 6.92 Å². The van der Waals surface area contributed by atoms with Crippen LogP contribution < -0.4 is 20.1 Å². The summed E-state index contributed by atoms with van der Waals surface area (Å²) in [6.45, 7) is 2.78. The number of ether oxygens (including phenoxy) is 2. The summed E-state index contributed by atoms with van der Waals surface area (Å²) in [5.74, 6) is 0.732. The van der Waals surface area contributed by atoms with Gasteiger partial charge in [0.25, 0.3) is 5.91 Å². The molecule has 0 saturated carbocycles. The molecule has 6 nitrogen and oxygen atoms in total. The van der Waals surface area contributed by atoms with Gasteiger partial charge in [-0.05, 0) is 42.3 Å². The molecular weight excluding hydrogens is 472 g/mol. The summed E-state index contributed by atoms with van der Waals surface area (Å²) in [6.07, 6.45) is -0.591. The number of anilines is 1. The van der Waals surface area contributed by atoms with Crippen molar-refractivity contribution in [2.24, 2.45) is 0 Å². The first kappa shape index (κ1) is 23.8. The van der Waals surface area contributed by atoms with Crippen LogP contribution >= 0.6 is 15.9 Å². The zero-order chi connectivity index (χ0) is 22.9. The SMILES string of the molecule is COc1cc(CNCC(O)c2ccccc2)c(Br)cc1OCC(=O)Nc1ccc(C)cc1. The maximum absolute atomic E-state index is 12.2. The van der Waals surface area contributed by atoms with E-state index in [-0.39, 0.29) is 12.5 Å². The number of aliphatic hydroxyl groups excluding tert-OH is 1. The van der Waals surface area contributed by atoms with Gasteiger partial charge in [-0.1, -0.05) is 64.0 Å². The predicted molar refractivity (Wildman–Crippen MR) is 129 cm³/mol. The number of halogens is 1. The van der Waals surface area contributed by atoms with Gasteiger partial charge in [-0.3, -0.25) is 4.79 Å². The maximum Gasteiger partial charge on any atom is 0.262 e. The molecule has 3 rings (SSSR count). The van der Waals surface area contributed by atoms with Gasteiger partial charge in [0.2, 0.25) is 0 Å². The molecule has 32 heavy (non-hydrogen) atoms. The highest BCUT2D eigenvalue weighted by Crippen LogP contribution is 2.33. The highest BCUT2D eigenvalue weighted by molar-refractivity contribution is 9.10. The highest BCUT2D eigenvalue weighted by atomic mass is 79.9. The first-order valence-corrected chi connectivity index (χ1v) is 11.0. The summed E-state index contributed by atoms with van der Waals surface area (Å²) < 4.78 is 12.0. The topological polar surface area (TPSA) is 79.8 Å². The highest BCUT2D eigenvalue weighted by Gasteiger charge is 2.13. The molecule has 0 aromatic heterocycles. The van der Waals surface area contributed by atoms with Crippen molar-refractivity contribution in [2.75, 3.05) is 25.6 Å². The minimum atomic E-state index is -0.591. The van der Waals surface area contributed by atoms with Crippen molar-refractivity contribution >= 4 is 27.5 Å². The second-order valence-electron chi connectivity index (χ2n) is 7.35. The van der Waals surface area contributed by atoms with Crippen LogP contribution in [0.5, 0.6) is 11.5 Å². The fourth-order valence-corrected chi connectivity index (χ4v) is 3.56. The monoisotopic (exact) mass is 498 g/mol. The maximum atomic E-state index is 12.2. The van der Waals surface area contributed by atoms with E-state index in [0.717, 1.165) is 26.9 Å². The van der Waals surface area contributed by atoms with Crippen LogP contribution in [0.4, 0.5) is 5.69 Å². The minimum Gasteiger partial charge on any atom is -0.493 e. The Morgan fingerprint density at radius 2 is 1.78 bits per heavy atom. The van der Waals surface area contributed by atoms with E-state index in [1.54, 1.807) is 13.2 Å². The lowest BCUT2D eigenvalue weighted by Gasteiger charge is -2.16. The molecule has 0 aliphatic heterocycles. The predicted octanol–water partition coefficient (Wildman–Crippen LogP) is 4.61. The molecule has 0 saturated heterocycles. The van der Waals surface area contributed by atoms with Gasteiger partial charge in [-0.25, -0.2) is 0 Å². The summed E-state index contributed by atoms with van der Waals surface area (Å²) in [5, 5.41) is 16.4. The summed E-state index contributed by atoms with van der Waals surface area (Å²) in [7, 11) is 1.55. The Balaban J connectivity index is 1.55. The van der Waals surface area contributed by atoms with Crippen LogP contribution in [0.3, 0.4) is 0 Å². The van der Waals surface area contributed by atoms with Gasteiger partial charge in [0, 0.05) is 23.2 Å². The second kappa shape index (κ2) is 11.7. The van der Waals surface area contributed by atoms with Crippen LogP contribution in [-0.4, -0.2) is 31.3 Å². The quantitative estimate of drug-likeness (QED) is 0.380. The van der Waals surface area contributed by atoms with E-state index in [2.05, 4.69) is 26.6 Å². The number of amides is 1. The number of rotatable bonds is 10. The van der Waals surface area contributed by atoms with Crippen molar-refractivity contribution in [3.8, 4) is 11.5 Å². The Hall–Kier alpha value is -2.87. The Labute approximate surface area is 196 Å². The van der Waals surface area contributed by atoms with Crippen molar-refractivity contribution in [3.63, 3.8) is 0 Å². The second-order valence-corrected chi connectivity index (χ2v) is 8.21. The van der Waals surface area contributed by atoms with Crippen LogP contribution in [-0.2, 0) is 11.3 Å². The Morgan fingerprint density at radius 1 is 1.06 bits per heavy atom. The molecule has 1 unspecified atom stereocenters. The van der Waals surface area contributed by atoms with E-state index in [9.17, 15) is 9.90 Å². The Morgan fingerprint density at radius 3 is 2.47 bits per heavy atom. The number of benzene rings is 3. The van der Waals surface area contributed by atoms with Crippen molar-refractivity contribution < 1.29 is 19.4 Å². The summed E-state index contributed by atoms with van der Waals surface area (Å²) in [4.78, 5) is 12.2. The number of carbonyl (C=O) groups is 1. The van der Waals surface area contributed by atoms with Gasteiger partial charge >= 0.3 is 0 Å². The lowest BCUT2D eigenvalue weighted by Crippen LogP contribution is -2.21. The van der Waals surface area contributed by atoms with Gasteiger partial charge in [0.15, 0.2) is 18.1 Å². The molecule has 3 aromatic rings. The lowest BCUT2D eigenvalue weighted by molar-refractivity contribution is -0.118. The molecule has 0 radical (unpaired) electrons. The standard InChI is InChI=1S/C25H27BrN2O4/c1-17-8-10-20(11-9-17)28-25(30)16-32-24-13-21(26)19(12-23(24)31-2)14-27-15-22(29)18-6-4-3-5-7-18/h3-13,22,27,29H,14-16H2,1-2H3,(H,28,30). The third-order valence-corrected chi connectivity index (χ3v) is 5.60.